The molecule has 1 aliphatic rings. The van der Waals surface area contributed by atoms with E-state index in [4.69, 9.17) is 17.3 Å². The van der Waals surface area contributed by atoms with Gasteiger partial charge in [0.15, 0.2) is 0 Å². The molecule has 2 rings (SSSR count). The molecule has 1 saturated carbocycles. The fraction of sp³-hybridized carbons (Fsp3) is 0.625. The lowest BCUT2D eigenvalue weighted by molar-refractivity contribution is 0.174. The van der Waals surface area contributed by atoms with Gasteiger partial charge in [-0.2, -0.15) is 0 Å². The Kier molecular flexibility index (Phi) is 4.86. The quantitative estimate of drug-likeness (QED) is 0.833. The molecule has 1 aromatic rings. The molecule has 0 spiro atoms. The summed E-state index contributed by atoms with van der Waals surface area (Å²) in [7, 11) is 0. The Morgan fingerprint density at radius 1 is 1.16 bits per heavy atom. The number of nitrogens with two attached hydrogens (primary N) is 1. The monoisotopic (exact) mass is 297 g/mol. The molecule has 1 fully saturated rings. The standard InChI is InChI=1S/C16H24ClNS/c1-16(2,3)11-4-9-14(18)15(10-11)19-13-7-5-12(17)6-8-13/h5-8,11,14-15H,4,9-10,18H2,1-3H3. The molecule has 1 aromatic carbocycles. The predicted octanol–water partition coefficient (Wildman–Crippen LogP) is 4.97. The van der Waals surface area contributed by atoms with Gasteiger partial charge in [-0.15, -0.1) is 11.8 Å². The molecule has 3 heteroatoms. The van der Waals surface area contributed by atoms with Crippen LogP contribution in [0.3, 0.4) is 0 Å². The van der Waals surface area contributed by atoms with Gasteiger partial charge in [-0.25, -0.2) is 0 Å². The molecule has 2 N–H and O–H groups in total. The van der Waals surface area contributed by atoms with Crippen LogP contribution in [0.4, 0.5) is 0 Å². The maximum atomic E-state index is 6.32. The minimum Gasteiger partial charge on any atom is -0.327 e. The number of rotatable bonds is 2. The predicted molar refractivity (Wildman–Crippen MR) is 85.9 cm³/mol. The van der Waals surface area contributed by atoms with E-state index < -0.39 is 0 Å². The van der Waals surface area contributed by atoms with Crippen LogP contribution >= 0.6 is 23.4 Å². The molecular weight excluding hydrogens is 274 g/mol. The lowest BCUT2D eigenvalue weighted by atomic mass is 9.71. The van der Waals surface area contributed by atoms with Crippen molar-refractivity contribution in [3.8, 4) is 0 Å². The molecule has 3 unspecified atom stereocenters. The lowest BCUT2D eigenvalue weighted by Crippen LogP contribution is -2.41. The second kappa shape index (κ2) is 6.07. The molecule has 106 valence electrons. The average molecular weight is 298 g/mol. The summed E-state index contributed by atoms with van der Waals surface area (Å²) in [6, 6.07) is 8.43. The van der Waals surface area contributed by atoms with E-state index in [0.717, 1.165) is 17.4 Å². The van der Waals surface area contributed by atoms with Crippen molar-refractivity contribution in [1.29, 1.82) is 0 Å². The van der Waals surface area contributed by atoms with Gasteiger partial charge in [0.25, 0.3) is 0 Å². The van der Waals surface area contributed by atoms with Gasteiger partial charge in [0.2, 0.25) is 0 Å². The second-order valence-electron chi connectivity index (χ2n) is 6.65. The molecule has 1 nitrogen and oxygen atoms in total. The zero-order valence-electron chi connectivity index (χ0n) is 12.0. The van der Waals surface area contributed by atoms with Crippen molar-refractivity contribution in [3.05, 3.63) is 29.3 Å². The Hall–Kier alpha value is -0.180. The molecule has 0 aliphatic heterocycles. The van der Waals surface area contributed by atoms with Crippen LogP contribution in [0.15, 0.2) is 29.2 Å². The summed E-state index contributed by atoms with van der Waals surface area (Å²) in [5.74, 6) is 0.775. The number of thioether (sulfide) groups is 1. The van der Waals surface area contributed by atoms with Gasteiger partial charge in [0.05, 0.1) is 0 Å². The fourth-order valence-corrected chi connectivity index (χ4v) is 4.17. The lowest BCUT2D eigenvalue weighted by Gasteiger charge is -2.40. The highest BCUT2D eigenvalue weighted by molar-refractivity contribution is 8.00. The molecular formula is C16H24ClNS. The summed E-state index contributed by atoms with van der Waals surface area (Å²) in [4.78, 5) is 1.28. The number of halogens is 1. The van der Waals surface area contributed by atoms with E-state index in [2.05, 4.69) is 32.9 Å². The van der Waals surface area contributed by atoms with Crippen molar-refractivity contribution in [3.63, 3.8) is 0 Å². The maximum absolute atomic E-state index is 6.32. The normalized spacial score (nSPS) is 28.4. The number of hydrogen-bond donors (Lipinski definition) is 1. The summed E-state index contributed by atoms with van der Waals surface area (Å²) in [5.41, 5.74) is 6.70. The van der Waals surface area contributed by atoms with Crippen LogP contribution in [-0.2, 0) is 0 Å². The molecule has 0 saturated heterocycles. The Labute approximate surface area is 126 Å². The molecule has 0 bridgehead atoms. The van der Waals surface area contributed by atoms with Crippen LogP contribution in [0.1, 0.15) is 40.0 Å². The molecule has 1 aliphatic carbocycles. The first-order chi connectivity index (χ1) is 8.86. The van der Waals surface area contributed by atoms with Crippen LogP contribution in [-0.4, -0.2) is 11.3 Å². The summed E-state index contributed by atoms with van der Waals surface area (Å²) < 4.78 is 0. The first-order valence-electron chi connectivity index (χ1n) is 7.04. The van der Waals surface area contributed by atoms with E-state index in [0.29, 0.717) is 16.7 Å². The van der Waals surface area contributed by atoms with E-state index in [1.807, 2.05) is 23.9 Å². The smallest absolute Gasteiger partial charge is 0.0406 e. The fourth-order valence-electron chi connectivity index (χ4n) is 2.76. The van der Waals surface area contributed by atoms with Gasteiger partial charge in [0.1, 0.15) is 0 Å². The minimum absolute atomic E-state index is 0.319. The SMILES string of the molecule is CC(C)(C)C1CCC(N)C(Sc2ccc(Cl)cc2)C1. The van der Waals surface area contributed by atoms with E-state index in [9.17, 15) is 0 Å². The molecule has 3 atom stereocenters. The van der Waals surface area contributed by atoms with Crippen molar-refractivity contribution in [2.24, 2.45) is 17.1 Å². The average Bonchev–Trinajstić information content (AvgIpc) is 2.33. The van der Waals surface area contributed by atoms with E-state index in [1.165, 1.54) is 17.7 Å². The molecule has 0 heterocycles. The van der Waals surface area contributed by atoms with Crippen LogP contribution in [0.2, 0.25) is 5.02 Å². The van der Waals surface area contributed by atoms with Gasteiger partial charge in [-0.1, -0.05) is 32.4 Å². The highest BCUT2D eigenvalue weighted by Gasteiger charge is 2.34. The van der Waals surface area contributed by atoms with Crippen molar-refractivity contribution in [2.75, 3.05) is 0 Å². The highest BCUT2D eigenvalue weighted by atomic mass is 35.5. The third kappa shape index (κ3) is 4.14. The van der Waals surface area contributed by atoms with Gasteiger partial charge in [0, 0.05) is 21.2 Å². The zero-order valence-corrected chi connectivity index (χ0v) is 13.6. The van der Waals surface area contributed by atoms with Crippen LogP contribution in [0, 0.1) is 11.3 Å². The Bertz CT molecular complexity index is 410. The largest absolute Gasteiger partial charge is 0.327 e. The van der Waals surface area contributed by atoms with Crippen molar-refractivity contribution in [1.82, 2.24) is 0 Å². The molecule has 0 aromatic heterocycles. The Morgan fingerprint density at radius 3 is 2.37 bits per heavy atom. The maximum Gasteiger partial charge on any atom is 0.0406 e. The van der Waals surface area contributed by atoms with Crippen LogP contribution in [0.25, 0.3) is 0 Å². The molecule has 0 radical (unpaired) electrons. The third-order valence-corrected chi connectivity index (χ3v) is 5.81. The Morgan fingerprint density at radius 2 is 1.79 bits per heavy atom. The Balaban J connectivity index is 2.03. The van der Waals surface area contributed by atoms with Gasteiger partial charge >= 0.3 is 0 Å². The van der Waals surface area contributed by atoms with Crippen molar-refractivity contribution in [2.45, 2.75) is 56.2 Å². The summed E-state index contributed by atoms with van der Waals surface area (Å²) in [5, 5.41) is 1.32. The minimum atomic E-state index is 0.319. The van der Waals surface area contributed by atoms with E-state index >= 15 is 0 Å². The second-order valence-corrected chi connectivity index (χ2v) is 8.40. The van der Waals surface area contributed by atoms with E-state index in [1.54, 1.807) is 0 Å². The third-order valence-electron chi connectivity index (χ3n) is 4.17. The van der Waals surface area contributed by atoms with Crippen molar-refractivity contribution >= 4 is 23.4 Å². The van der Waals surface area contributed by atoms with Crippen molar-refractivity contribution < 1.29 is 0 Å². The highest BCUT2D eigenvalue weighted by Crippen LogP contribution is 2.42. The van der Waals surface area contributed by atoms with E-state index in [-0.39, 0.29) is 0 Å². The molecule has 19 heavy (non-hydrogen) atoms. The summed E-state index contributed by atoms with van der Waals surface area (Å²) in [6.07, 6.45) is 3.63. The first kappa shape index (κ1) is 15.2. The van der Waals surface area contributed by atoms with Gasteiger partial charge < -0.3 is 5.73 Å². The van der Waals surface area contributed by atoms with Crippen LogP contribution < -0.4 is 5.73 Å². The summed E-state index contributed by atoms with van der Waals surface area (Å²) in [6.45, 7) is 7.04. The summed E-state index contributed by atoms with van der Waals surface area (Å²) >= 11 is 7.85. The van der Waals surface area contributed by atoms with Gasteiger partial charge in [-0.3, -0.25) is 0 Å². The number of benzene rings is 1. The zero-order chi connectivity index (χ0) is 14.0. The topological polar surface area (TPSA) is 26.0 Å². The first-order valence-corrected chi connectivity index (χ1v) is 8.30. The number of hydrogen-bond acceptors (Lipinski definition) is 2. The molecule has 0 amide bonds. The van der Waals surface area contributed by atoms with Crippen LogP contribution in [0.5, 0.6) is 0 Å². The van der Waals surface area contributed by atoms with Gasteiger partial charge in [-0.05, 0) is 54.9 Å².